The summed E-state index contributed by atoms with van der Waals surface area (Å²) in [5.74, 6) is 1.05. The number of benzene rings is 2. The number of nitrogens with one attached hydrogen (secondary N) is 1. The average molecular weight is 551 g/mol. The molecule has 0 aliphatic heterocycles. The van der Waals surface area contributed by atoms with Gasteiger partial charge < -0.3 is 20.1 Å². The van der Waals surface area contributed by atoms with Crippen LogP contribution in [-0.2, 0) is 6.54 Å². The summed E-state index contributed by atoms with van der Waals surface area (Å²) >= 11 is 2.90. The van der Waals surface area contributed by atoms with Gasteiger partial charge in [-0.25, -0.2) is 4.98 Å². The van der Waals surface area contributed by atoms with Gasteiger partial charge in [0.1, 0.15) is 10.6 Å². The van der Waals surface area contributed by atoms with E-state index < -0.39 is 0 Å². The van der Waals surface area contributed by atoms with Gasteiger partial charge in [-0.1, -0.05) is 43.4 Å². The van der Waals surface area contributed by atoms with Gasteiger partial charge in [0.15, 0.2) is 5.13 Å². The van der Waals surface area contributed by atoms with Crippen LogP contribution in [0.15, 0.2) is 53.5 Å². The summed E-state index contributed by atoms with van der Waals surface area (Å²) < 4.78 is 6.19. The highest BCUT2D eigenvalue weighted by atomic mass is 32.1. The van der Waals surface area contributed by atoms with Gasteiger partial charge in [-0.2, -0.15) is 0 Å². The Morgan fingerprint density at radius 3 is 2.61 bits per heavy atom. The van der Waals surface area contributed by atoms with Gasteiger partial charge in [0.25, 0.3) is 5.91 Å². The van der Waals surface area contributed by atoms with Crippen molar-refractivity contribution < 1.29 is 14.6 Å². The largest absolute Gasteiger partial charge is 0.497 e. The molecule has 2 N–H and O–H groups in total. The Labute approximate surface area is 231 Å². The number of thiazole rings is 1. The van der Waals surface area contributed by atoms with Gasteiger partial charge in [-0.3, -0.25) is 9.79 Å². The van der Waals surface area contributed by atoms with Gasteiger partial charge in [-0.05, 0) is 67.6 Å². The number of fused-ring (bicyclic) bond motifs is 1. The van der Waals surface area contributed by atoms with Crippen molar-refractivity contribution in [1.82, 2.24) is 4.98 Å². The topological polar surface area (TPSA) is 87.1 Å². The van der Waals surface area contributed by atoms with Gasteiger partial charge in [-0.15, -0.1) is 11.3 Å². The van der Waals surface area contributed by atoms with Crippen LogP contribution in [0, 0.1) is 12.8 Å². The maximum absolute atomic E-state index is 13.1. The number of thiophene rings is 1. The molecular weight excluding hydrogens is 516 g/mol. The smallest absolute Gasteiger partial charge is 0.265 e. The first kappa shape index (κ1) is 27.8. The molecule has 4 rings (SSSR count). The van der Waals surface area contributed by atoms with Crippen LogP contribution in [0.3, 0.4) is 0 Å². The minimum absolute atomic E-state index is 0.0243. The fraction of sp³-hybridized carbons (Fsp3) is 0.345. The Morgan fingerprint density at radius 1 is 1.18 bits per heavy atom. The van der Waals surface area contributed by atoms with Crippen LogP contribution in [-0.4, -0.2) is 42.0 Å². The summed E-state index contributed by atoms with van der Waals surface area (Å²) in [4.78, 5) is 26.1. The zero-order chi connectivity index (χ0) is 27.2. The van der Waals surface area contributed by atoms with Crippen LogP contribution in [0.4, 0.5) is 16.5 Å². The Bertz CT molecular complexity index is 1390. The summed E-state index contributed by atoms with van der Waals surface area (Å²) in [6.07, 6.45) is 1.04. The maximum atomic E-state index is 13.1. The highest BCUT2D eigenvalue weighted by molar-refractivity contribution is 7.29. The third kappa shape index (κ3) is 6.59. The lowest BCUT2D eigenvalue weighted by molar-refractivity contribution is 0.103. The highest BCUT2D eigenvalue weighted by Crippen LogP contribution is 2.36. The van der Waals surface area contributed by atoms with Crippen LogP contribution in [0.1, 0.15) is 48.0 Å². The number of hydrogen-bond donors (Lipinski definition) is 2. The average Bonchev–Trinajstić information content (AvgIpc) is 3.50. The van der Waals surface area contributed by atoms with Crippen molar-refractivity contribution in [2.75, 3.05) is 30.5 Å². The van der Waals surface area contributed by atoms with Gasteiger partial charge in [0, 0.05) is 24.5 Å². The second-order valence-corrected chi connectivity index (χ2v) is 11.3. The number of amides is 1. The van der Waals surface area contributed by atoms with Crippen LogP contribution < -0.4 is 15.0 Å². The van der Waals surface area contributed by atoms with E-state index in [4.69, 9.17) is 14.7 Å². The number of nitrogens with zero attached hydrogens (tertiary/aromatic N) is 3. The molecular formula is C29H34N4O3S2. The second kappa shape index (κ2) is 12.5. The number of aliphatic imine (C=N–C) groups is 1. The molecule has 0 spiro atoms. The fourth-order valence-electron chi connectivity index (χ4n) is 3.88. The normalized spacial score (nSPS) is 12.5. The Balaban J connectivity index is 1.49. The van der Waals surface area contributed by atoms with Gasteiger partial charge >= 0.3 is 0 Å². The van der Waals surface area contributed by atoms with Crippen molar-refractivity contribution in [3.8, 4) is 5.75 Å². The number of aryl methyl sites for hydroxylation is 1. The second-order valence-electron chi connectivity index (χ2n) is 9.29. The number of carbonyl (C=O) groups excluding carboxylic acids is 1. The number of aromatic nitrogens is 1. The number of anilines is 2. The third-order valence-corrected chi connectivity index (χ3v) is 8.78. The minimum atomic E-state index is -0.162. The van der Waals surface area contributed by atoms with E-state index >= 15 is 0 Å². The molecule has 0 bridgehead atoms. The standard InChI is InChI=1S/C29H34N4O3S2/c1-6-18(2)20(4)30-24-15-22(10-7-19(24)3)31-27(35)25-16-26-28(37-25)32-29(38-26)33(13-14-34)17-21-8-11-23(36-5)12-9-21/h7-12,15-16,18,34H,6,13-14,17H2,1-5H3,(H,31,35). The van der Waals surface area contributed by atoms with Crippen LogP contribution in [0.5, 0.6) is 5.75 Å². The molecule has 4 aromatic rings. The van der Waals surface area contributed by atoms with Crippen molar-refractivity contribution in [3.05, 3.63) is 64.5 Å². The van der Waals surface area contributed by atoms with Crippen LogP contribution in [0.25, 0.3) is 9.53 Å². The molecule has 2 aromatic heterocycles. The quantitative estimate of drug-likeness (QED) is 0.195. The molecule has 0 radical (unpaired) electrons. The Kier molecular flexibility index (Phi) is 9.14. The molecule has 9 heteroatoms. The van der Waals surface area contributed by atoms with E-state index in [0.717, 1.165) is 55.0 Å². The lowest BCUT2D eigenvalue weighted by Gasteiger charge is -2.20. The van der Waals surface area contributed by atoms with Crippen molar-refractivity contribution in [2.45, 2.75) is 40.7 Å². The van der Waals surface area contributed by atoms with E-state index in [9.17, 15) is 9.90 Å². The molecule has 1 unspecified atom stereocenters. The fourth-order valence-corrected chi connectivity index (χ4v) is 6.01. The summed E-state index contributed by atoms with van der Waals surface area (Å²) in [5.41, 5.74) is 4.84. The number of methoxy groups -OCH3 is 1. The van der Waals surface area contributed by atoms with Crippen LogP contribution in [0.2, 0.25) is 0 Å². The molecule has 0 aliphatic rings. The Hall–Kier alpha value is -3.27. The van der Waals surface area contributed by atoms with E-state index in [2.05, 4.69) is 31.0 Å². The molecule has 2 heterocycles. The first-order chi connectivity index (χ1) is 18.3. The molecule has 2 aromatic carbocycles. The summed E-state index contributed by atoms with van der Waals surface area (Å²) in [6.45, 7) is 9.52. The predicted octanol–water partition coefficient (Wildman–Crippen LogP) is 7.06. The molecule has 0 aliphatic carbocycles. The third-order valence-electron chi connectivity index (χ3n) is 6.56. The lowest BCUT2D eigenvalue weighted by atomic mass is 10.0. The molecule has 0 saturated carbocycles. The number of aliphatic hydroxyl groups is 1. The summed E-state index contributed by atoms with van der Waals surface area (Å²) in [6, 6.07) is 15.6. The number of ether oxygens (including phenoxy) is 1. The van der Waals surface area contributed by atoms with Crippen molar-refractivity contribution >= 4 is 60.3 Å². The van der Waals surface area contributed by atoms with Crippen molar-refractivity contribution in [1.29, 1.82) is 0 Å². The number of carbonyl (C=O) groups is 1. The number of rotatable bonds is 11. The number of hydrogen-bond acceptors (Lipinski definition) is 8. The van der Waals surface area contributed by atoms with E-state index in [0.29, 0.717) is 23.9 Å². The van der Waals surface area contributed by atoms with Crippen LogP contribution >= 0.6 is 22.7 Å². The molecule has 38 heavy (non-hydrogen) atoms. The Morgan fingerprint density at radius 2 is 1.95 bits per heavy atom. The first-order valence-corrected chi connectivity index (χ1v) is 14.3. The maximum Gasteiger partial charge on any atom is 0.265 e. The molecule has 1 amide bonds. The number of aliphatic hydroxyl groups excluding tert-OH is 1. The predicted molar refractivity (Wildman–Crippen MR) is 160 cm³/mol. The summed E-state index contributed by atoms with van der Waals surface area (Å²) in [5, 5.41) is 13.5. The first-order valence-electron chi connectivity index (χ1n) is 12.7. The van der Waals surface area contributed by atoms with Gasteiger partial charge in [0.2, 0.25) is 0 Å². The molecule has 7 nitrogen and oxygen atoms in total. The van der Waals surface area contributed by atoms with Crippen molar-refractivity contribution in [3.63, 3.8) is 0 Å². The lowest BCUT2D eigenvalue weighted by Crippen LogP contribution is -2.25. The molecule has 0 saturated heterocycles. The SMILES string of the molecule is CCC(C)C(C)=Nc1cc(NC(=O)c2cc3sc(N(CCO)Cc4ccc(OC)cc4)nc3s2)ccc1C. The molecule has 1 atom stereocenters. The zero-order valence-electron chi connectivity index (χ0n) is 22.4. The van der Waals surface area contributed by atoms with Crippen molar-refractivity contribution in [2.24, 2.45) is 10.9 Å². The zero-order valence-corrected chi connectivity index (χ0v) is 24.1. The highest BCUT2D eigenvalue weighted by Gasteiger charge is 2.18. The monoisotopic (exact) mass is 550 g/mol. The summed E-state index contributed by atoms with van der Waals surface area (Å²) in [7, 11) is 1.65. The van der Waals surface area contributed by atoms with E-state index in [-0.39, 0.29) is 12.5 Å². The van der Waals surface area contributed by atoms with Gasteiger partial charge in [0.05, 0.1) is 29.0 Å². The van der Waals surface area contributed by atoms with E-state index in [1.807, 2.05) is 55.5 Å². The molecule has 0 fully saturated rings. The van der Waals surface area contributed by atoms with E-state index in [1.165, 1.54) is 22.7 Å². The minimum Gasteiger partial charge on any atom is -0.497 e. The van der Waals surface area contributed by atoms with E-state index in [1.54, 1.807) is 7.11 Å². The molecule has 200 valence electrons.